The molecule has 0 spiro atoms. The van der Waals surface area contributed by atoms with E-state index in [0.29, 0.717) is 5.56 Å². The summed E-state index contributed by atoms with van der Waals surface area (Å²) >= 11 is 0. The second kappa shape index (κ2) is 9.33. The predicted octanol–water partition coefficient (Wildman–Crippen LogP) is -0.122. The minimum atomic E-state index is -1.76. The van der Waals surface area contributed by atoms with E-state index in [0.717, 1.165) is 18.2 Å². The molecule has 2 aromatic carbocycles. The Morgan fingerprint density at radius 3 is 2.29 bits per heavy atom. The molecule has 0 amide bonds. The Morgan fingerprint density at radius 1 is 0.935 bits per heavy atom. The number of rotatable bonds is 6. The van der Waals surface area contributed by atoms with Crippen LogP contribution in [0.4, 0.5) is 0 Å². The van der Waals surface area contributed by atoms with Gasteiger partial charge in [0.05, 0.1) is 0 Å². The lowest BCUT2D eigenvalue weighted by molar-refractivity contribution is -0.285. The largest absolute Gasteiger partial charge is 0.508 e. The van der Waals surface area contributed by atoms with Crippen molar-refractivity contribution in [2.45, 2.75) is 30.7 Å². The van der Waals surface area contributed by atoms with Crippen molar-refractivity contribution in [3.05, 3.63) is 53.6 Å². The molecule has 7 N–H and O–H groups in total. The quantitative estimate of drug-likeness (QED) is 0.239. The highest BCUT2D eigenvalue weighted by molar-refractivity contribution is 6.10. The first-order valence-electron chi connectivity index (χ1n) is 9.25. The molecular formula is C21H22O10. The molecule has 0 aromatic heterocycles. The fourth-order valence-corrected chi connectivity index (χ4v) is 3.03. The number of hydrogen-bond donors (Lipinski definition) is 7. The van der Waals surface area contributed by atoms with E-state index in [9.17, 15) is 40.5 Å². The Balaban J connectivity index is 1.79. The van der Waals surface area contributed by atoms with E-state index in [1.807, 2.05) is 0 Å². The Labute approximate surface area is 176 Å². The van der Waals surface area contributed by atoms with Gasteiger partial charge in [0.15, 0.2) is 12.1 Å². The van der Waals surface area contributed by atoms with Crippen molar-refractivity contribution in [1.82, 2.24) is 0 Å². The molecule has 0 bridgehead atoms. The maximum Gasteiger partial charge on any atom is 0.193 e. The van der Waals surface area contributed by atoms with Gasteiger partial charge in [-0.2, -0.15) is 0 Å². The Bertz CT molecular complexity index is 955. The van der Waals surface area contributed by atoms with Crippen LogP contribution in [0.25, 0.3) is 6.08 Å². The molecular weight excluding hydrogens is 412 g/mol. The number of benzene rings is 2. The van der Waals surface area contributed by atoms with Crippen LogP contribution in [0.5, 0.6) is 23.0 Å². The molecule has 0 radical (unpaired) electrons. The lowest BCUT2D eigenvalue weighted by Gasteiger charge is -2.38. The van der Waals surface area contributed by atoms with Crippen molar-refractivity contribution < 1.29 is 50.0 Å². The zero-order valence-electron chi connectivity index (χ0n) is 16.1. The third kappa shape index (κ3) is 5.13. The number of aliphatic hydroxyl groups is 4. The molecule has 10 heteroatoms. The zero-order chi connectivity index (χ0) is 22.7. The molecule has 1 aliphatic heterocycles. The average Bonchev–Trinajstić information content (AvgIpc) is 2.72. The van der Waals surface area contributed by atoms with Crippen LogP contribution in [0.15, 0.2) is 42.5 Å². The van der Waals surface area contributed by atoms with Gasteiger partial charge in [-0.3, -0.25) is 4.79 Å². The summed E-state index contributed by atoms with van der Waals surface area (Å²) in [5, 5.41) is 68.1. The number of carbonyl (C=O) groups is 1. The van der Waals surface area contributed by atoms with Gasteiger partial charge in [-0.15, -0.1) is 0 Å². The molecule has 31 heavy (non-hydrogen) atoms. The Morgan fingerprint density at radius 2 is 1.61 bits per heavy atom. The fraction of sp³-hybridized carbons (Fsp3) is 0.286. The van der Waals surface area contributed by atoms with Crippen LogP contribution >= 0.6 is 0 Å². The van der Waals surface area contributed by atoms with E-state index in [1.54, 1.807) is 12.1 Å². The van der Waals surface area contributed by atoms with Gasteiger partial charge in [-0.05, 0) is 23.8 Å². The highest BCUT2D eigenvalue weighted by Gasteiger charge is 2.43. The smallest absolute Gasteiger partial charge is 0.193 e. The molecule has 0 saturated carbocycles. The number of ketones is 1. The van der Waals surface area contributed by atoms with Gasteiger partial charge in [0.25, 0.3) is 0 Å². The Kier molecular flexibility index (Phi) is 6.78. The third-order valence-electron chi connectivity index (χ3n) is 4.72. The molecule has 3 rings (SSSR count). The molecule has 1 aliphatic rings. The van der Waals surface area contributed by atoms with Crippen LogP contribution in [0.3, 0.4) is 0 Å². The second-order valence-electron chi connectivity index (χ2n) is 6.98. The zero-order valence-corrected chi connectivity index (χ0v) is 16.1. The van der Waals surface area contributed by atoms with Crippen molar-refractivity contribution in [3.63, 3.8) is 0 Å². The highest BCUT2D eigenvalue weighted by atomic mass is 16.6. The van der Waals surface area contributed by atoms with E-state index in [-0.39, 0.29) is 17.1 Å². The number of hydrogen-bond acceptors (Lipinski definition) is 10. The van der Waals surface area contributed by atoms with Crippen molar-refractivity contribution in [2.75, 3.05) is 6.61 Å². The lowest BCUT2D eigenvalue weighted by atomic mass is 9.99. The van der Waals surface area contributed by atoms with Gasteiger partial charge in [0, 0.05) is 12.1 Å². The lowest BCUT2D eigenvalue weighted by Crippen LogP contribution is -2.58. The van der Waals surface area contributed by atoms with Gasteiger partial charge in [-0.1, -0.05) is 18.2 Å². The first-order chi connectivity index (χ1) is 14.7. The number of phenols is 3. The van der Waals surface area contributed by atoms with E-state index in [4.69, 9.17) is 9.47 Å². The number of carbonyl (C=O) groups excluding carboxylic acids is 1. The van der Waals surface area contributed by atoms with Crippen LogP contribution < -0.4 is 4.74 Å². The third-order valence-corrected chi connectivity index (χ3v) is 4.72. The number of phenolic OH excluding ortho intramolecular Hbond substituents is 3. The monoisotopic (exact) mass is 434 g/mol. The van der Waals surface area contributed by atoms with E-state index < -0.39 is 54.6 Å². The standard InChI is InChI=1S/C21H22O10/c22-11-4-1-10(2-5-11)3-6-13(24)17-14(25)7-12(23)8-15(17)30-9-16-18(26)19(27)20(28)21(29)31-16/h1-8,16,18-23,25-29H,9H2. The molecule has 166 valence electrons. The average molecular weight is 434 g/mol. The van der Waals surface area contributed by atoms with Gasteiger partial charge in [0.2, 0.25) is 0 Å². The summed E-state index contributed by atoms with van der Waals surface area (Å²) < 4.78 is 10.4. The van der Waals surface area contributed by atoms with Crippen molar-refractivity contribution in [2.24, 2.45) is 0 Å². The molecule has 1 saturated heterocycles. The highest BCUT2D eigenvalue weighted by Crippen LogP contribution is 2.34. The first kappa shape index (κ1) is 22.5. The second-order valence-corrected chi connectivity index (χ2v) is 6.98. The summed E-state index contributed by atoms with van der Waals surface area (Å²) in [6.45, 7) is -0.479. The summed E-state index contributed by atoms with van der Waals surface area (Å²) in [5.41, 5.74) is 0.325. The number of ether oxygens (including phenoxy) is 2. The number of allylic oxidation sites excluding steroid dienone is 1. The molecule has 10 nitrogen and oxygen atoms in total. The molecule has 0 aliphatic carbocycles. The van der Waals surface area contributed by atoms with E-state index in [2.05, 4.69) is 0 Å². The van der Waals surface area contributed by atoms with Crippen molar-refractivity contribution in [3.8, 4) is 23.0 Å². The summed E-state index contributed by atoms with van der Waals surface area (Å²) in [5.74, 6) is -1.79. The van der Waals surface area contributed by atoms with Crippen LogP contribution in [-0.2, 0) is 4.74 Å². The van der Waals surface area contributed by atoms with Crippen LogP contribution in [-0.4, -0.2) is 78.8 Å². The minimum Gasteiger partial charge on any atom is -0.508 e. The van der Waals surface area contributed by atoms with Crippen molar-refractivity contribution in [1.29, 1.82) is 0 Å². The maximum absolute atomic E-state index is 12.6. The Hall–Kier alpha value is -3.15. The molecule has 5 atom stereocenters. The molecule has 5 unspecified atom stereocenters. The normalized spacial score (nSPS) is 26.1. The first-order valence-corrected chi connectivity index (χ1v) is 9.25. The SMILES string of the molecule is O=C(C=Cc1ccc(O)cc1)c1c(O)cc(O)cc1OCC1OC(O)C(O)C(O)C1O. The fourth-order valence-electron chi connectivity index (χ4n) is 3.03. The number of aromatic hydroxyl groups is 3. The van der Waals surface area contributed by atoms with Crippen LogP contribution in [0, 0.1) is 0 Å². The molecule has 1 fully saturated rings. The number of aliphatic hydroxyl groups excluding tert-OH is 4. The van der Waals surface area contributed by atoms with E-state index in [1.165, 1.54) is 18.2 Å². The minimum absolute atomic E-state index is 0.0604. The topological polar surface area (TPSA) is 177 Å². The van der Waals surface area contributed by atoms with Crippen molar-refractivity contribution >= 4 is 11.9 Å². The summed E-state index contributed by atoms with van der Waals surface area (Å²) in [6.07, 6.45) is -5.44. The van der Waals surface area contributed by atoms with Gasteiger partial charge in [-0.25, -0.2) is 0 Å². The predicted molar refractivity (Wildman–Crippen MR) is 106 cm³/mol. The molecule has 1 heterocycles. The van der Waals surface area contributed by atoms with Crippen LogP contribution in [0.1, 0.15) is 15.9 Å². The van der Waals surface area contributed by atoms with E-state index >= 15 is 0 Å². The van der Waals surface area contributed by atoms with Gasteiger partial charge < -0.3 is 45.2 Å². The molecule has 2 aromatic rings. The van der Waals surface area contributed by atoms with Gasteiger partial charge in [0.1, 0.15) is 59.6 Å². The summed E-state index contributed by atoms with van der Waals surface area (Å²) in [7, 11) is 0. The van der Waals surface area contributed by atoms with Gasteiger partial charge >= 0.3 is 0 Å². The summed E-state index contributed by atoms with van der Waals surface area (Å²) in [6, 6.07) is 8.03. The maximum atomic E-state index is 12.6. The van der Waals surface area contributed by atoms with Crippen LogP contribution in [0.2, 0.25) is 0 Å². The summed E-state index contributed by atoms with van der Waals surface area (Å²) in [4.78, 5) is 12.6.